The molecular formula is C15H16N4O2S. The fraction of sp³-hybridized carbons (Fsp3) is 0.400. The SMILES string of the molecule is CC1NC2NN(c3nc4ccccc4s3)C(=O)C2C(=O)C1C. The number of hydrazine groups is 1. The number of rotatable bonds is 1. The molecule has 1 aromatic carbocycles. The van der Waals surface area contributed by atoms with E-state index in [2.05, 4.69) is 15.7 Å². The largest absolute Gasteiger partial charge is 0.298 e. The van der Waals surface area contributed by atoms with Crippen LogP contribution in [0, 0.1) is 11.8 Å². The predicted molar refractivity (Wildman–Crippen MR) is 84.3 cm³/mol. The van der Waals surface area contributed by atoms with E-state index >= 15 is 0 Å². The number of anilines is 1. The lowest BCUT2D eigenvalue weighted by molar-refractivity contribution is -0.136. The monoisotopic (exact) mass is 316 g/mol. The van der Waals surface area contributed by atoms with E-state index in [1.807, 2.05) is 38.1 Å². The lowest BCUT2D eigenvalue weighted by Crippen LogP contribution is -2.58. The zero-order valence-corrected chi connectivity index (χ0v) is 13.1. The Bertz CT molecular complexity index is 741. The van der Waals surface area contributed by atoms with Crippen LogP contribution in [0.2, 0.25) is 0 Å². The topological polar surface area (TPSA) is 74.3 Å². The van der Waals surface area contributed by atoms with E-state index in [4.69, 9.17) is 0 Å². The van der Waals surface area contributed by atoms with Crippen molar-refractivity contribution in [1.82, 2.24) is 15.7 Å². The molecule has 1 aromatic heterocycles. The summed E-state index contributed by atoms with van der Waals surface area (Å²) in [6, 6.07) is 7.79. The van der Waals surface area contributed by atoms with Crippen LogP contribution in [0.25, 0.3) is 10.2 Å². The van der Waals surface area contributed by atoms with E-state index < -0.39 is 5.92 Å². The van der Waals surface area contributed by atoms with Gasteiger partial charge in [-0.3, -0.25) is 14.9 Å². The van der Waals surface area contributed by atoms with Gasteiger partial charge in [-0.1, -0.05) is 30.4 Å². The number of benzene rings is 1. The minimum absolute atomic E-state index is 0.00244. The van der Waals surface area contributed by atoms with Crippen LogP contribution in [-0.4, -0.2) is 28.9 Å². The van der Waals surface area contributed by atoms with E-state index in [9.17, 15) is 9.59 Å². The summed E-state index contributed by atoms with van der Waals surface area (Å²) in [7, 11) is 0. The predicted octanol–water partition coefficient (Wildman–Crippen LogP) is 1.29. The van der Waals surface area contributed by atoms with Crippen LogP contribution in [0.3, 0.4) is 0 Å². The van der Waals surface area contributed by atoms with Crippen molar-refractivity contribution in [3.63, 3.8) is 0 Å². The maximum absolute atomic E-state index is 12.6. The Morgan fingerprint density at radius 1 is 1.23 bits per heavy atom. The molecule has 4 unspecified atom stereocenters. The van der Waals surface area contributed by atoms with E-state index in [0.717, 1.165) is 10.2 Å². The zero-order valence-electron chi connectivity index (χ0n) is 12.2. The van der Waals surface area contributed by atoms with Gasteiger partial charge in [-0.15, -0.1) is 0 Å². The minimum atomic E-state index is -0.668. The second kappa shape index (κ2) is 4.84. The number of nitrogens with zero attached hydrogens (tertiary/aromatic N) is 2. The zero-order chi connectivity index (χ0) is 15.4. The molecule has 0 aliphatic carbocycles. The molecule has 0 bridgehead atoms. The number of Topliss-reactive ketones (excluding diaryl/α,β-unsaturated/α-hetero) is 1. The number of thiazole rings is 1. The van der Waals surface area contributed by atoms with Crippen molar-refractivity contribution in [3.8, 4) is 0 Å². The van der Waals surface area contributed by atoms with E-state index in [1.165, 1.54) is 16.3 Å². The van der Waals surface area contributed by atoms with Gasteiger partial charge in [0.2, 0.25) is 5.13 Å². The van der Waals surface area contributed by atoms with Gasteiger partial charge in [0.15, 0.2) is 5.78 Å². The number of para-hydroxylation sites is 1. The second-order valence-corrected chi connectivity index (χ2v) is 6.88. The number of hydrogen-bond acceptors (Lipinski definition) is 6. The number of carbonyl (C=O) groups is 2. The number of aromatic nitrogens is 1. The molecule has 2 aromatic rings. The normalized spacial score (nSPS) is 31.8. The van der Waals surface area contributed by atoms with Crippen LogP contribution >= 0.6 is 11.3 Å². The summed E-state index contributed by atoms with van der Waals surface area (Å²) >= 11 is 1.44. The van der Waals surface area contributed by atoms with Gasteiger partial charge in [0, 0.05) is 12.0 Å². The van der Waals surface area contributed by atoms with Crippen molar-refractivity contribution in [2.24, 2.45) is 11.8 Å². The fourth-order valence-corrected chi connectivity index (χ4v) is 3.98. The lowest BCUT2D eigenvalue weighted by atomic mass is 9.83. The third-order valence-corrected chi connectivity index (χ3v) is 5.53. The van der Waals surface area contributed by atoms with Crippen molar-refractivity contribution in [2.45, 2.75) is 26.1 Å². The molecule has 3 heterocycles. The molecule has 2 aliphatic heterocycles. The summed E-state index contributed by atoms with van der Waals surface area (Å²) in [6.07, 6.45) is -0.349. The molecule has 7 heteroatoms. The number of piperidine rings is 1. The first-order valence-corrected chi connectivity index (χ1v) is 8.13. The molecule has 0 saturated carbocycles. The van der Waals surface area contributed by atoms with Crippen molar-refractivity contribution in [3.05, 3.63) is 24.3 Å². The number of carbonyl (C=O) groups excluding carboxylic acids is 2. The van der Waals surface area contributed by atoms with Crippen LogP contribution in [0.4, 0.5) is 5.13 Å². The number of hydrogen-bond donors (Lipinski definition) is 2. The van der Waals surface area contributed by atoms with Crippen LogP contribution in [0.15, 0.2) is 24.3 Å². The highest BCUT2D eigenvalue weighted by molar-refractivity contribution is 7.22. The van der Waals surface area contributed by atoms with Gasteiger partial charge in [-0.25, -0.2) is 15.4 Å². The molecular weight excluding hydrogens is 300 g/mol. The smallest absolute Gasteiger partial charge is 0.257 e. The quantitative estimate of drug-likeness (QED) is 0.776. The molecule has 2 saturated heterocycles. The molecule has 22 heavy (non-hydrogen) atoms. The summed E-state index contributed by atoms with van der Waals surface area (Å²) in [5, 5.41) is 5.31. The van der Waals surface area contributed by atoms with Gasteiger partial charge < -0.3 is 0 Å². The van der Waals surface area contributed by atoms with Crippen molar-refractivity contribution in [2.75, 3.05) is 5.01 Å². The minimum Gasteiger partial charge on any atom is -0.298 e. The lowest BCUT2D eigenvalue weighted by Gasteiger charge is -2.32. The molecule has 2 aliphatic rings. The van der Waals surface area contributed by atoms with Crippen molar-refractivity contribution < 1.29 is 9.59 Å². The summed E-state index contributed by atoms with van der Waals surface area (Å²) in [5.74, 6) is -1.06. The molecule has 4 rings (SSSR count). The highest BCUT2D eigenvalue weighted by Gasteiger charge is 2.51. The van der Waals surface area contributed by atoms with Crippen LogP contribution < -0.4 is 15.8 Å². The highest BCUT2D eigenvalue weighted by Crippen LogP contribution is 2.33. The molecule has 6 nitrogen and oxygen atoms in total. The summed E-state index contributed by atoms with van der Waals surface area (Å²) in [4.78, 5) is 29.6. The Morgan fingerprint density at radius 2 is 2.00 bits per heavy atom. The highest BCUT2D eigenvalue weighted by atomic mass is 32.1. The Kier molecular flexibility index (Phi) is 3.04. The van der Waals surface area contributed by atoms with Gasteiger partial charge in [0.25, 0.3) is 5.91 Å². The summed E-state index contributed by atoms with van der Waals surface area (Å²) < 4.78 is 1.02. The van der Waals surface area contributed by atoms with Gasteiger partial charge in [-0.2, -0.15) is 0 Å². The van der Waals surface area contributed by atoms with Crippen LogP contribution in [-0.2, 0) is 9.59 Å². The molecule has 114 valence electrons. The van der Waals surface area contributed by atoms with E-state index in [1.54, 1.807) is 0 Å². The van der Waals surface area contributed by atoms with Gasteiger partial charge in [0.1, 0.15) is 5.92 Å². The molecule has 0 radical (unpaired) electrons. The maximum atomic E-state index is 12.6. The third kappa shape index (κ3) is 1.89. The first-order valence-electron chi connectivity index (χ1n) is 7.32. The molecule has 4 atom stereocenters. The standard InChI is InChI=1S/C15H16N4O2S/c1-7-8(2)16-13-11(12(7)20)14(21)19(18-13)15-17-9-5-3-4-6-10(9)22-15/h3-8,11,13,16,18H,1-2H3. The first-order chi connectivity index (χ1) is 10.6. The Hall–Kier alpha value is -1.83. The molecule has 2 N–H and O–H groups in total. The van der Waals surface area contributed by atoms with Crippen molar-refractivity contribution in [1.29, 1.82) is 0 Å². The Morgan fingerprint density at radius 3 is 2.77 bits per heavy atom. The average Bonchev–Trinajstić information content (AvgIpc) is 3.06. The number of fused-ring (bicyclic) bond motifs is 2. The summed E-state index contributed by atoms with van der Waals surface area (Å²) in [5.41, 5.74) is 3.96. The van der Waals surface area contributed by atoms with Crippen LogP contribution in [0.1, 0.15) is 13.8 Å². The first kappa shape index (κ1) is 13.8. The van der Waals surface area contributed by atoms with E-state index in [0.29, 0.717) is 5.13 Å². The van der Waals surface area contributed by atoms with Gasteiger partial charge >= 0.3 is 0 Å². The number of nitrogens with one attached hydrogen (secondary N) is 2. The number of amides is 1. The molecule has 2 fully saturated rings. The van der Waals surface area contributed by atoms with Gasteiger partial charge in [-0.05, 0) is 19.1 Å². The summed E-state index contributed by atoms with van der Waals surface area (Å²) in [6.45, 7) is 3.83. The van der Waals surface area contributed by atoms with Crippen LogP contribution in [0.5, 0.6) is 0 Å². The third-order valence-electron chi connectivity index (χ3n) is 4.51. The fourth-order valence-electron chi connectivity index (χ4n) is 3.04. The number of ketones is 1. The Labute approximate surface area is 131 Å². The average molecular weight is 316 g/mol. The van der Waals surface area contributed by atoms with Crippen molar-refractivity contribution >= 4 is 38.4 Å². The maximum Gasteiger partial charge on any atom is 0.257 e. The molecule has 0 spiro atoms. The van der Waals surface area contributed by atoms with Gasteiger partial charge in [0.05, 0.1) is 16.4 Å². The van der Waals surface area contributed by atoms with E-state index in [-0.39, 0.29) is 29.8 Å². The Balaban J connectivity index is 1.70. The second-order valence-electron chi connectivity index (χ2n) is 5.87. The molecule has 1 amide bonds.